The summed E-state index contributed by atoms with van der Waals surface area (Å²) in [6, 6.07) is 13.0. The molecular weight excluding hydrogens is 422 g/mol. The monoisotopic (exact) mass is 451 g/mol. The third kappa shape index (κ3) is 4.04. The Labute approximate surface area is 194 Å². The topological polar surface area (TPSA) is 43.9 Å². The predicted molar refractivity (Wildman–Crippen MR) is 127 cm³/mol. The van der Waals surface area contributed by atoms with Gasteiger partial charge < -0.3 is 14.7 Å². The van der Waals surface area contributed by atoms with E-state index in [4.69, 9.17) is 11.6 Å². The van der Waals surface area contributed by atoms with Gasteiger partial charge >= 0.3 is 0 Å². The lowest BCUT2D eigenvalue weighted by Gasteiger charge is -2.39. The molecule has 0 aliphatic carbocycles. The fourth-order valence-corrected chi connectivity index (χ4v) is 5.86. The van der Waals surface area contributed by atoms with Gasteiger partial charge in [-0.3, -0.25) is 9.59 Å². The van der Waals surface area contributed by atoms with Crippen LogP contribution in [0.5, 0.6) is 0 Å². The number of likely N-dealkylation sites (tertiary alicyclic amines) is 2. The second-order valence-electron chi connectivity index (χ2n) is 9.49. The Hall–Kier alpha value is -2.37. The average Bonchev–Trinajstić information content (AvgIpc) is 3.17. The Morgan fingerprint density at radius 3 is 2.28 bits per heavy atom. The molecule has 0 aromatic heterocycles. The number of carbonyl (C=O) groups is 2. The van der Waals surface area contributed by atoms with E-state index in [1.165, 1.54) is 25.9 Å². The van der Waals surface area contributed by atoms with Crippen molar-refractivity contribution in [1.82, 2.24) is 9.80 Å². The molecule has 2 amide bonds. The zero-order valence-electron chi connectivity index (χ0n) is 18.6. The Morgan fingerprint density at radius 2 is 1.59 bits per heavy atom. The van der Waals surface area contributed by atoms with Crippen molar-refractivity contribution in [3.05, 3.63) is 64.2 Å². The highest BCUT2D eigenvalue weighted by atomic mass is 35.5. The van der Waals surface area contributed by atoms with E-state index in [2.05, 4.69) is 11.9 Å². The summed E-state index contributed by atoms with van der Waals surface area (Å²) >= 11 is 6.26. The zero-order valence-corrected chi connectivity index (χ0v) is 19.4. The molecule has 5 nitrogen and oxygen atoms in total. The number of fused-ring (bicyclic) bond motifs is 1. The van der Waals surface area contributed by atoms with Gasteiger partial charge in [0.1, 0.15) is 0 Å². The summed E-state index contributed by atoms with van der Waals surface area (Å²) in [4.78, 5) is 32.3. The van der Waals surface area contributed by atoms with Crippen LogP contribution in [0, 0.1) is 11.8 Å². The smallest absolute Gasteiger partial charge is 0.260 e. The van der Waals surface area contributed by atoms with Crippen LogP contribution in [0.2, 0.25) is 5.02 Å². The highest BCUT2D eigenvalue weighted by Gasteiger charge is 2.32. The van der Waals surface area contributed by atoms with Crippen molar-refractivity contribution in [2.24, 2.45) is 11.8 Å². The molecule has 0 saturated carbocycles. The molecule has 168 valence electrons. The van der Waals surface area contributed by atoms with Crippen LogP contribution in [0.1, 0.15) is 52.0 Å². The number of halogens is 1. The molecule has 3 heterocycles. The average molecular weight is 452 g/mol. The second kappa shape index (κ2) is 8.87. The molecule has 0 N–H and O–H groups in total. The number of hydrogen-bond donors (Lipinski definition) is 0. The van der Waals surface area contributed by atoms with Crippen molar-refractivity contribution in [2.45, 2.75) is 32.2 Å². The Balaban J connectivity index is 1.25. The van der Waals surface area contributed by atoms with Crippen molar-refractivity contribution >= 4 is 29.1 Å². The van der Waals surface area contributed by atoms with Crippen LogP contribution >= 0.6 is 11.6 Å². The Bertz CT molecular complexity index is 1020. The molecule has 3 aliphatic heterocycles. The summed E-state index contributed by atoms with van der Waals surface area (Å²) in [6.07, 6.45) is 4.76. The van der Waals surface area contributed by atoms with Gasteiger partial charge in [0.05, 0.1) is 17.1 Å². The van der Waals surface area contributed by atoms with E-state index in [-0.39, 0.29) is 11.8 Å². The van der Waals surface area contributed by atoms with Crippen molar-refractivity contribution < 1.29 is 9.59 Å². The quantitative estimate of drug-likeness (QED) is 0.679. The van der Waals surface area contributed by atoms with Crippen molar-refractivity contribution in [1.29, 1.82) is 0 Å². The van der Waals surface area contributed by atoms with Crippen LogP contribution in [0.4, 0.5) is 5.69 Å². The molecule has 2 fully saturated rings. The van der Waals surface area contributed by atoms with E-state index in [1.807, 2.05) is 41.3 Å². The number of anilines is 1. The normalized spacial score (nSPS) is 20.6. The first-order valence-corrected chi connectivity index (χ1v) is 12.1. The molecule has 0 atom stereocenters. The third-order valence-corrected chi connectivity index (χ3v) is 7.86. The van der Waals surface area contributed by atoms with Gasteiger partial charge in [-0.1, -0.05) is 29.8 Å². The number of hydrogen-bond acceptors (Lipinski definition) is 3. The van der Waals surface area contributed by atoms with Crippen molar-refractivity contribution in [2.75, 3.05) is 38.1 Å². The van der Waals surface area contributed by atoms with Crippen LogP contribution in [0.15, 0.2) is 42.5 Å². The minimum atomic E-state index is -0.103. The van der Waals surface area contributed by atoms with E-state index in [1.54, 1.807) is 11.0 Å². The first-order chi connectivity index (χ1) is 15.5. The highest BCUT2D eigenvalue weighted by Crippen LogP contribution is 2.34. The molecule has 3 aliphatic rings. The summed E-state index contributed by atoms with van der Waals surface area (Å²) in [5.41, 5.74) is 2.89. The number of piperidine rings is 2. The van der Waals surface area contributed by atoms with Crippen LogP contribution in [0.25, 0.3) is 0 Å². The van der Waals surface area contributed by atoms with Crippen molar-refractivity contribution in [3.8, 4) is 0 Å². The molecule has 0 unspecified atom stereocenters. The second-order valence-corrected chi connectivity index (χ2v) is 9.89. The van der Waals surface area contributed by atoms with Crippen LogP contribution in [0.3, 0.4) is 0 Å². The van der Waals surface area contributed by atoms with Gasteiger partial charge in [-0.25, -0.2) is 0 Å². The van der Waals surface area contributed by atoms with Crippen LogP contribution in [-0.4, -0.2) is 54.8 Å². The minimum Gasteiger partial charge on any atom is -0.339 e. The zero-order chi connectivity index (χ0) is 22.2. The molecule has 0 spiro atoms. The maximum atomic E-state index is 13.2. The first-order valence-electron chi connectivity index (χ1n) is 11.7. The summed E-state index contributed by atoms with van der Waals surface area (Å²) in [5, 5.41) is 0.481. The van der Waals surface area contributed by atoms with E-state index in [0.717, 1.165) is 49.0 Å². The van der Waals surface area contributed by atoms with Gasteiger partial charge in [0, 0.05) is 24.3 Å². The summed E-state index contributed by atoms with van der Waals surface area (Å²) in [7, 11) is 2.20. The molecule has 32 heavy (non-hydrogen) atoms. The molecule has 0 radical (unpaired) electrons. The fourth-order valence-electron chi connectivity index (χ4n) is 5.59. The van der Waals surface area contributed by atoms with Gasteiger partial charge in [0.25, 0.3) is 11.8 Å². The van der Waals surface area contributed by atoms with E-state index >= 15 is 0 Å². The molecule has 2 aromatic rings. The maximum absolute atomic E-state index is 13.2. The molecule has 2 saturated heterocycles. The lowest BCUT2D eigenvalue weighted by atomic mass is 9.79. The predicted octanol–water partition coefficient (Wildman–Crippen LogP) is 4.69. The van der Waals surface area contributed by atoms with E-state index in [9.17, 15) is 9.59 Å². The molecular formula is C26H30ClN3O2. The summed E-state index contributed by atoms with van der Waals surface area (Å²) in [6.45, 7) is 4.52. The minimum absolute atomic E-state index is 0.0656. The number of nitrogens with zero attached hydrogens (tertiary/aromatic N) is 3. The van der Waals surface area contributed by atoms with Gasteiger partial charge in [0.2, 0.25) is 0 Å². The fraction of sp³-hybridized carbons (Fsp3) is 0.462. The lowest BCUT2D eigenvalue weighted by Crippen LogP contribution is -2.42. The largest absolute Gasteiger partial charge is 0.339 e. The van der Waals surface area contributed by atoms with Gasteiger partial charge in [-0.05, 0) is 87.5 Å². The maximum Gasteiger partial charge on any atom is 0.260 e. The third-order valence-electron chi connectivity index (χ3n) is 7.55. The summed E-state index contributed by atoms with van der Waals surface area (Å²) in [5.74, 6) is 1.51. The molecule has 0 bridgehead atoms. The van der Waals surface area contributed by atoms with Gasteiger partial charge in [0.15, 0.2) is 0 Å². The SMILES string of the molecule is CN1CCC(C2CCN(C(=O)c3cccc(N4Cc5cccc(Cl)c5C4=O)c3)CC2)CC1. The molecule has 6 heteroatoms. The number of amides is 2. The molecule has 2 aromatic carbocycles. The number of benzene rings is 2. The Kier molecular flexibility index (Phi) is 5.95. The van der Waals surface area contributed by atoms with E-state index in [0.29, 0.717) is 22.7 Å². The lowest BCUT2D eigenvalue weighted by molar-refractivity contribution is 0.0615. The van der Waals surface area contributed by atoms with E-state index < -0.39 is 0 Å². The van der Waals surface area contributed by atoms with Gasteiger partial charge in [-0.2, -0.15) is 0 Å². The molecule has 5 rings (SSSR count). The van der Waals surface area contributed by atoms with Crippen molar-refractivity contribution in [3.63, 3.8) is 0 Å². The van der Waals surface area contributed by atoms with Gasteiger partial charge in [-0.15, -0.1) is 0 Å². The number of rotatable bonds is 3. The Morgan fingerprint density at radius 1 is 0.938 bits per heavy atom. The summed E-state index contributed by atoms with van der Waals surface area (Å²) < 4.78 is 0. The highest BCUT2D eigenvalue weighted by molar-refractivity contribution is 6.35. The van der Waals surface area contributed by atoms with Crippen LogP contribution in [-0.2, 0) is 6.54 Å². The standard InChI is InChI=1S/C26H30ClN3O2/c1-28-12-8-18(9-13-28)19-10-14-29(15-11-19)25(31)20-4-2-6-22(16-20)30-17-21-5-3-7-23(27)24(21)26(30)32/h2-7,16,18-19H,8-15,17H2,1H3. The first kappa shape index (κ1) is 21.5. The number of carbonyl (C=O) groups excluding carboxylic acids is 2. The van der Waals surface area contributed by atoms with Crippen LogP contribution < -0.4 is 4.90 Å².